The summed E-state index contributed by atoms with van der Waals surface area (Å²) in [7, 11) is 0. The van der Waals surface area contributed by atoms with E-state index in [4.69, 9.17) is 0 Å². The van der Waals surface area contributed by atoms with Gasteiger partial charge in [-0.3, -0.25) is 0 Å². The number of hydrogen-bond acceptors (Lipinski definition) is 3. The number of unbranched alkanes of at least 4 members (excludes halogenated alkanes) is 3. The van der Waals surface area contributed by atoms with Crippen molar-refractivity contribution in [3.8, 4) is 0 Å². The molecule has 0 aromatic carbocycles. The quantitative estimate of drug-likeness (QED) is 0.615. The summed E-state index contributed by atoms with van der Waals surface area (Å²) in [5.74, 6) is 0.809. The standard InChI is InChI=1S/C16H35N3/c1-4-17-9-7-5-6-8-10-18-11-13-19(14-12-18)15-16(2)3/h16-17H,4-15H2,1-3H3. The third-order valence-electron chi connectivity index (χ3n) is 3.92. The number of piperazine rings is 1. The van der Waals surface area contributed by atoms with Crippen LogP contribution in [-0.4, -0.2) is 62.2 Å². The van der Waals surface area contributed by atoms with Crippen molar-refractivity contribution in [2.45, 2.75) is 46.5 Å². The summed E-state index contributed by atoms with van der Waals surface area (Å²) >= 11 is 0. The summed E-state index contributed by atoms with van der Waals surface area (Å²) in [6.45, 7) is 16.8. The first kappa shape index (κ1) is 16.9. The second-order valence-electron chi connectivity index (χ2n) is 6.30. The lowest BCUT2D eigenvalue weighted by Crippen LogP contribution is -2.47. The van der Waals surface area contributed by atoms with Crippen LogP contribution < -0.4 is 5.32 Å². The molecule has 1 N–H and O–H groups in total. The van der Waals surface area contributed by atoms with E-state index in [2.05, 4.69) is 35.9 Å². The summed E-state index contributed by atoms with van der Waals surface area (Å²) < 4.78 is 0. The monoisotopic (exact) mass is 269 g/mol. The predicted molar refractivity (Wildman–Crippen MR) is 84.7 cm³/mol. The van der Waals surface area contributed by atoms with E-state index in [1.807, 2.05) is 0 Å². The van der Waals surface area contributed by atoms with Gasteiger partial charge < -0.3 is 15.1 Å². The molecule has 0 aromatic rings. The van der Waals surface area contributed by atoms with E-state index in [-0.39, 0.29) is 0 Å². The molecule has 0 amide bonds. The number of nitrogens with one attached hydrogen (secondary N) is 1. The van der Waals surface area contributed by atoms with Gasteiger partial charge >= 0.3 is 0 Å². The van der Waals surface area contributed by atoms with E-state index in [0.717, 1.165) is 12.5 Å². The van der Waals surface area contributed by atoms with Gasteiger partial charge in [-0.2, -0.15) is 0 Å². The molecule has 0 aromatic heterocycles. The number of rotatable bonds is 10. The molecule has 0 spiro atoms. The molecular formula is C16H35N3. The minimum absolute atomic E-state index is 0.809. The molecule has 0 atom stereocenters. The Morgan fingerprint density at radius 2 is 1.53 bits per heavy atom. The fraction of sp³-hybridized carbons (Fsp3) is 1.00. The molecule has 0 radical (unpaired) electrons. The van der Waals surface area contributed by atoms with E-state index in [1.165, 1.54) is 71.5 Å². The van der Waals surface area contributed by atoms with E-state index >= 15 is 0 Å². The molecule has 114 valence electrons. The van der Waals surface area contributed by atoms with Crippen molar-refractivity contribution < 1.29 is 0 Å². The van der Waals surface area contributed by atoms with Crippen LogP contribution in [0.15, 0.2) is 0 Å². The van der Waals surface area contributed by atoms with E-state index in [0.29, 0.717) is 0 Å². The maximum Gasteiger partial charge on any atom is 0.0110 e. The van der Waals surface area contributed by atoms with Gasteiger partial charge in [-0.05, 0) is 38.4 Å². The van der Waals surface area contributed by atoms with Crippen molar-refractivity contribution in [2.24, 2.45) is 5.92 Å². The lowest BCUT2D eigenvalue weighted by molar-refractivity contribution is 0.121. The molecule has 0 saturated carbocycles. The molecule has 1 aliphatic heterocycles. The molecule has 0 bridgehead atoms. The number of nitrogens with zero attached hydrogens (tertiary/aromatic N) is 2. The van der Waals surface area contributed by atoms with Crippen molar-refractivity contribution in [3.63, 3.8) is 0 Å². The third kappa shape index (κ3) is 8.61. The molecule has 0 aliphatic carbocycles. The van der Waals surface area contributed by atoms with Crippen molar-refractivity contribution in [2.75, 3.05) is 52.4 Å². The maximum atomic E-state index is 3.39. The Bertz CT molecular complexity index is 198. The van der Waals surface area contributed by atoms with Gasteiger partial charge in [0.2, 0.25) is 0 Å². The minimum Gasteiger partial charge on any atom is -0.317 e. The number of hydrogen-bond donors (Lipinski definition) is 1. The first-order valence-corrected chi connectivity index (χ1v) is 8.37. The zero-order valence-corrected chi connectivity index (χ0v) is 13.5. The summed E-state index contributed by atoms with van der Waals surface area (Å²) in [5, 5.41) is 3.39. The average molecular weight is 269 g/mol. The molecule has 1 aliphatic rings. The summed E-state index contributed by atoms with van der Waals surface area (Å²) in [6.07, 6.45) is 5.52. The zero-order valence-electron chi connectivity index (χ0n) is 13.5. The van der Waals surface area contributed by atoms with Crippen LogP contribution in [0.3, 0.4) is 0 Å². The van der Waals surface area contributed by atoms with Crippen LogP contribution >= 0.6 is 0 Å². The molecular weight excluding hydrogens is 234 g/mol. The van der Waals surface area contributed by atoms with Crippen LogP contribution in [-0.2, 0) is 0 Å². The second kappa shape index (κ2) is 10.6. The van der Waals surface area contributed by atoms with Gasteiger partial charge in [0.25, 0.3) is 0 Å². The highest BCUT2D eigenvalue weighted by atomic mass is 15.3. The normalized spacial score (nSPS) is 18.3. The maximum absolute atomic E-state index is 3.39. The van der Waals surface area contributed by atoms with Crippen LogP contribution in [0.2, 0.25) is 0 Å². The molecule has 0 unspecified atom stereocenters. The van der Waals surface area contributed by atoms with Gasteiger partial charge in [0, 0.05) is 32.7 Å². The van der Waals surface area contributed by atoms with Crippen molar-refractivity contribution in [1.82, 2.24) is 15.1 Å². The highest BCUT2D eigenvalue weighted by Gasteiger charge is 2.16. The Morgan fingerprint density at radius 1 is 0.895 bits per heavy atom. The van der Waals surface area contributed by atoms with Gasteiger partial charge in [-0.1, -0.05) is 33.6 Å². The van der Waals surface area contributed by atoms with Gasteiger partial charge in [0.1, 0.15) is 0 Å². The first-order valence-electron chi connectivity index (χ1n) is 8.37. The second-order valence-corrected chi connectivity index (χ2v) is 6.30. The van der Waals surface area contributed by atoms with Crippen LogP contribution in [0.1, 0.15) is 46.5 Å². The average Bonchev–Trinajstić information content (AvgIpc) is 2.39. The smallest absolute Gasteiger partial charge is 0.0110 e. The summed E-state index contributed by atoms with van der Waals surface area (Å²) in [4.78, 5) is 5.28. The summed E-state index contributed by atoms with van der Waals surface area (Å²) in [6, 6.07) is 0. The first-order chi connectivity index (χ1) is 9.22. The van der Waals surface area contributed by atoms with E-state index < -0.39 is 0 Å². The lowest BCUT2D eigenvalue weighted by Gasteiger charge is -2.35. The van der Waals surface area contributed by atoms with Crippen molar-refractivity contribution >= 4 is 0 Å². The lowest BCUT2D eigenvalue weighted by atomic mass is 10.1. The largest absolute Gasteiger partial charge is 0.317 e. The molecule has 1 heterocycles. The highest BCUT2D eigenvalue weighted by molar-refractivity contribution is 4.72. The fourth-order valence-corrected chi connectivity index (χ4v) is 2.83. The fourth-order valence-electron chi connectivity index (χ4n) is 2.83. The van der Waals surface area contributed by atoms with Crippen LogP contribution in [0.25, 0.3) is 0 Å². The van der Waals surface area contributed by atoms with Crippen molar-refractivity contribution in [3.05, 3.63) is 0 Å². The predicted octanol–water partition coefficient (Wildman–Crippen LogP) is 2.43. The summed E-state index contributed by atoms with van der Waals surface area (Å²) in [5.41, 5.74) is 0. The Hall–Kier alpha value is -0.120. The van der Waals surface area contributed by atoms with E-state index in [1.54, 1.807) is 0 Å². The van der Waals surface area contributed by atoms with E-state index in [9.17, 15) is 0 Å². The molecule has 1 fully saturated rings. The van der Waals surface area contributed by atoms with Crippen LogP contribution in [0.5, 0.6) is 0 Å². The highest BCUT2D eigenvalue weighted by Crippen LogP contribution is 2.07. The third-order valence-corrected chi connectivity index (χ3v) is 3.92. The van der Waals surface area contributed by atoms with Gasteiger partial charge in [-0.15, -0.1) is 0 Å². The van der Waals surface area contributed by atoms with Gasteiger partial charge in [0.05, 0.1) is 0 Å². The van der Waals surface area contributed by atoms with Crippen LogP contribution in [0.4, 0.5) is 0 Å². The molecule has 1 rings (SSSR count). The molecule has 3 nitrogen and oxygen atoms in total. The molecule has 3 heteroatoms. The SMILES string of the molecule is CCNCCCCCCN1CCN(CC(C)C)CC1. The molecule has 1 saturated heterocycles. The van der Waals surface area contributed by atoms with Crippen LogP contribution in [0, 0.1) is 5.92 Å². The van der Waals surface area contributed by atoms with Gasteiger partial charge in [-0.25, -0.2) is 0 Å². The van der Waals surface area contributed by atoms with Crippen molar-refractivity contribution in [1.29, 1.82) is 0 Å². The topological polar surface area (TPSA) is 18.5 Å². The zero-order chi connectivity index (χ0) is 13.9. The minimum atomic E-state index is 0.809. The Balaban J connectivity index is 1.92. The van der Waals surface area contributed by atoms with Gasteiger partial charge in [0.15, 0.2) is 0 Å². The molecule has 19 heavy (non-hydrogen) atoms. The Morgan fingerprint density at radius 3 is 2.16 bits per heavy atom. The Kier molecular flexibility index (Phi) is 9.48. The Labute approximate surface area is 120 Å².